The molecule has 1 saturated heterocycles. The minimum absolute atomic E-state index is 0.170. The molecule has 0 aromatic heterocycles. The third-order valence-electron chi connectivity index (χ3n) is 3.24. The van der Waals surface area contributed by atoms with Gasteiger partial charge in [0, 0.05) is 13.1 Å². The average Bonchev–Trinajstić information content (AvgIpc) is 2.25. The van der Waals surface area contributed by atoms with Crippen LogP contribution in [0.4, 0.5) is 0 Å². The maximum Gasteiger partial charge on any atom is 0.243 e. The fourth-order valence-electron chi connectivity index (χ4n) is 2.30. The number of hydrogen-bond donors (Lipinski definition) is 1. The van der Waals surface area contributed by atoms with Crippen molar-refractivity contribution in [3.8, 4) is 0 Å². The second kappa shape index (κ2) is 4.89. The van der Waals surface area contributed by atoms with Crippen LogP contribution in [0.25, 0.3) is 0 Å². The second-order valence-corrected chi connectivity index (χ2v) is 7.95. The van der Waals surface area contributed by atoms with Crippen LogP contribution >= 0.6 is 0 Å². The molecule has 0 aliphatic carbocycles. The van der Waals surface area contributed by atoms with Gasteiger partial charge in [-0.2, -0.15) is 4.31 Å². The molecule has 106 valence electrons. The lowest BCUT2D eigenvalue weighted by atomic mass is 10.0. The minimum Gasteiger partial charge on any atom is -0.387 e. The molecular formula is C14H21NO3S. The van der Waals surface area contributed by atoms with Crippen LogP contribution in [0, 0.1) is 5.92 Å². The molecule has 0 amide bonds. The largest absolute Gasteiger partial charge is 0.387 e. The van der Waals surface area contributed by atoms with Crippen LogP contribution in [0.1, 0.15) is 26.3 Å². The molecule has 0 bridgehead atoms. The lowest BCUT2D eigenvalue weighted by Crippen LogP contribution is -2.61. The van der Waals surface area contributed by atoms with Gasteiger partial charge >= 0.3 is 0 Å². The molecular weight excluding hydrogens is 262 g/mol. The van der Waals surface area contributed by atoms with E-state index < -0.39 is 15.6 Å². The van der Waals surface area contributed by atoms with Gasteiger partial charge in [0.25, 0.3) is 0 Å². The van der Waals surface area contributed by atoms with Crippen LogP contribution < -0.4 is 0 Å². The van der Waals surface area contributed by atoms with Gasteiger partial charge in [-0.3, -0.25) is 0 Å². The Balaban J connectivity index is 2.14. The van der Waals surface area contributed by atoms with E-state index >= 15 is 0 Å². The van der Waals surface area contributed by atoms with Crippen molar-refractivity contribution in [3.63, 3.8) is 0 Å². The second-order valence-electron chi connectivity index (χ2n) is 6.01. The predicted octanol–water partition coefficient (Wildman–Crippen LogP) is 1.64. The minimum atomic E-state index is -3.45. The molecule has 1 heterocycles. The summed E-state index contributed by atoms with van der Waals surface area (Å²) in [4.78, 5) is 0.301. The van der Waals surface area contributed by atoms with Crippen LogP contribution in [-0.2, 0) is 16.4 Å². The van der Waals surface area contributed by atoms with Crippen LogP contribution in [0.15, 0.2) is 29.2 Å². The van der Waals surface area contributed by atoms with E-state index in [0.717, 1.165) is 12.0 Å². The van der Waals surface area contributed by atoms with Gasteiger partial charge in [0.05, 0.1) is 10.5 Å². The van der Waals surface area contributed by atoms with Crippen LogP contribution in [0.3, 0.4) is 0 Å². The average molecular weight is 283 g/mol. The smallest absolute Gasteiger partial charge is 0.243 e. The number of β-amino-alcohol motifs (C(OH)–C–C–N with tert-alkyl or cyclic N) is 1. The van der Waals surface area contributed by atoms with E-state index in [1.165, 1.54) is 4.31 Å². The molecule has 2 rings (SSSR count). The summed E-state index contributed by atoms with van der Waals surface area (Å²) in [7, 11) is -3.45. The first-order valence-electron chi connectivity index (χ1n) is 6.52. The summed E-state index contributed by atoms with van der Waals surface area (Å²) in [6.45, 7) is 6.25. The van der Waals surface area contributed by atoms with Gasteiger partial charge in [0.1, 0.15) is 0 Å². The quantitative estimate of drug-likeness (QED) is 0.914. The molecule has 0 unspecified atom stereocenters. The van der Waals surface area contributed by atoms with Crippen LogP contribution in [0.5, 0.6) is 0 Å². The fourth-order valence-corrected chi connectivity index (χ4v) is 3.98. The summed E-state index contributed by atoms with van der Waals surface area (Å²) in [5, 5.41) is 9.63. The Morgan fingerprint density at radius 3 is 2.21 bits per heavy atom. The standard InChI is InChI=1S/C14H21NO3S/c1-11(2)8-12-4-6-13(7-5-12)19(17,18)15-9-14(3,16)10-15/h4-7,11,16H,8-10H2,1-3H3. The number of rotatable bonds is 4. The molecule has 1 aliphatic heterocycles. The van der Waals surface area contributed by atoms with E-state index in [1.807, 2.05) is 12.1 Å². The normalized spacial score (nSPS) is 19.4. The summed E-state index contributed by atoms with van der Waals surface area (Å²) in [6, 6.07) is 7.04. The van der Waals surface area contributed by atoms with E-state index in [1.54, 1.807) is 19.1 Å². The molecule has 0 spiro atoms. The molecule has 4 nitrogen and oxygen atoms in total. The summed E-state index contributed by atoms with van der Waals surface area (Å²) < 4.78 is 25.8. The summed E-state index contributed by atoms with van der Waals surface area (Å²) in [6.07, 6.45) is 0.943. The maximum absolute atomic E-state index is 12.3. The number of nitrogens with zero attached hydrogens (tertiary/aromatic N) is 1. The molecule has 0 atom stereocenters. The molecule has 0 saturated carbocycles. The van der Waals surface area contributed by atoms with Gasteiger partial charge in [0.2, 0.25) is 10.0 Å². The third kappa shape index (κ3) is 3.16. The molecule has 1 aliphatic rings. The Bertz CT molecular complexity index is 539. The molecule has 0 radical (unpaired) electrons. The highest BCUT2D eigenvalue weighted by molar-refractivity contribution is 7.89. The highest BCUT2D eigenvalue weighted by Gasteiger charge is 2.43. The summed E-state index contributed by atoms with van der Waals surface area (Å²) in [5.41, 5.74) is 0.259. The molecule has 1 fully saturated rings. The van der Waals surface area contributed by atoms with Crippen molar-refractivity contribution in [1.82, 2.24) is 4.31 Å². The zero-order chi connectivity index (χ0) is 14.3. The first kappa shape index (κ1) is 14.5. The van der Waals surface area contributed by atoms with E-state index in [-0.39, 0.29) is 13.1 Å². The van der Waals surface area contributed by atoms with Crippen molar-refractivity contribution in [2.75, 3.05) is 13.1 Å². The van der Waals surface area contributed by atoms with Gasteiger partial charge in [-0.15, -0.1) is 0 Å². The number of aliphatic hydroxyl groups is 1. The fraction of sp³-hybridized carbons (Fsp3) is 0.571. The van der Waals surface area contributed by atoms with Gasteiger partial charge < -0.3 is 5.11 Å². The molecule has 19 heavy (non-hydrogen) atoms. The topological polar surface area (TPSA) is 57.6 Å². The first-order chi connectivity index (χ1) is 8.71. The van der Waals surface area contributed by atoms with Gasteiger partial charge in [-0.25, -0.2) is 8.42 Å². The zero-order valence-electron chi connectivity index (χ0n) is 11.6. The molecule has 1 N–H and O–H groups in total. The van der Waals surface area contributed by atoms with Crippen molar-refractivity contribution in [1.29, 1.82) is 0 Å². The van der Waals surface area contributed by atoms with Crippen molar-refractivity contribution < 1.29 is 13.5 Å². The maximum atomic E-state index is 12.3. The number of sulfonamides is 1. The molecule has 1 aromatic carbocycles. The van der Waals surface area contributed by atoms with Gasteiger partial charge in [-0.1, -0.05) is 26.0 Å². The Kier molecular flexibility index (Phi) is 3.73. The predicted molar refractivity (Wildman–Crippen MR) is 74.4 cm³/mol. The van der Waals surface area contributed by atoms with E-state index in [2.05, 4.69) is 13.8 Å². The van der Waals surface area contributed by atoms with Crippen molar-refractivity contribution in [2.24, 2.45) is 5.92 Å². The third-order valence-corrected chi connectivity index (χ3v) is 5.04. The Hall–Kier alpha value is -0.910. The Morgan fingerprint density at radius 1 is 1.26 bits per heavy atom. The summed E-state index contributed by atoms with van der Waals surface area (Å²) in [5.74, 6) is 0.549. The van der Waals surface area contributed by atoms with Crippen LogP contribution in [-0.4, -0.2) is 36.5 Å². The van der Waals surface area contributed by atoms with Crippen molar-refractivity contribution >= 4 is 10.0 Å². The Morgan fingerprint density at radius 2 is 1.79 bits per heavy atom. The number of hydrogen-bond acceptors (Lipinski definition) is 3. The van der Waals surface area contributed by atoms with Crippen LogP contribution in [0.2, 0.25) is 0 Å². The lowest BCUT2D eigenvalue weighted by Gasteiger charge is -2.42. The molecule has 1 aromatic rings. The van der Waals surface area contributed by atoms with Gasteiger partial charge in [-0.05, 0) is 37.0 Å². The van der Waals surface area contributed by atoms with E-state index in [4.69, 9.17) is 0 Å². The van der Waals surface area contributed by atoms with Crippen molar-refractivity contribution in [2.45, 2.75) is 37.7 Å². The zero-order valence-corrected chi connectivity index (χ0v) is 12.4. The lowest BCUT2D eigenvalue weighted by molar-refractivity contribution is -0.0426. The SMILES string of the molecule is CC(C)Cc1ccc(S(=O)(=O)N2CC(C)(O)C2)cc1. The van der Waals surface area contributed by atoms with E-state index in [0.29, 0.717) is 10.8 Å². The van der Waals surface area contributed by atoms with Gasteiger partial charge in [0.15, 0.2) is 0 Å². The highest BCUT2D eigenvalue weighted by atomic mass is 32.2. The Labute approximate surface area is 115 Å². The highest BCUT2D eigenvalue weighted by Crippen LogP contribution is 2.27. The first-order valence-corrected chi connectivity index (χ1v) is 7.96. The number of benzene rings is 1. The monoisotopic (exact) mass is 283 g/mol. The van der Waals surface area contributed by atoms with E-state index in [9.17, 15) is 13.5 Å². The molecule has 5 heteroatoms. The van der Waals surface area contributed by atoms with Crippen molar-refractivity contribution in [3.05, 3.63) is 29.8 Å². The summed E-state index contributed by atoms with van der Waals surface area (Å²) >= 11 is 0.